The molecule has 1 unspecified atom stereocenters. The van der Waals surface area contributed by atoms with E-state index >= 15 is 0 Å². The highest BCUT2D eigenvalue weighted by molar-refractivity contribution is 5.98. The molecule has 2 atom stereocenters. The number of amides is 1. The van der Waals surface area contributed by atoms with Crippen LogP contribution in [-0.2, 0) is 6.18 Å². The van der Waals surface area contributed by atoms with E-state index in [4.69, 9.17) is 4.74 Å². The topological polar surface area (TPSA) is 67.7 Å². The number of hydrogen-bond acceptors (Lipinski definition) is 5. The molecule has 11 heteroatoms. The summed E-state index contributed by atoms with van der Waals surface area (Å²) in [4.78, 5) is 26.8. The van der Waals surface area contributed by atoms with Crippen molar-refractivity contribution in [3.8, 4) is 5.88 Å². The summed E-state index contributed by atoms with van der Waals surface area (Å²) in [5.74, 6) is -4.71. The lowest BCUT2D eigenvalue weighted by atomic mass is 9.88. The third kappa shape index (κ3) is 6.99. The number of ether oxygens (including phenoxy) is 1. The molecule has 3 rings (SSSR count). The Labute approximate surface area is 211 Å². The molecule has 1 saturated heterocycles. The maximum absolute atomic E-state index is 14.6. The number of carbonyl (C=O) groups is 1. The zero-order valence-corrected chi connectivity index (χ0v) is 20.6. The first-order valence-corrected chi connectivity index (χ1v) is 11.5. The highest BCUT2D eigenvalue weighted by Crippen LogP contribution is 2.36. The number of rotatable bonds is 7. The molecular formula is C26H27F5N4O2. The van der Waals surface area contributed by atoms with E-state index in [1.165, 1.54) is 6.21 Å². The van der Waals surface area contributed by atoms with Crippen LogP contribution in [0.25, 0.3) is 5.70 Å². The van der Waals surface area contributed by atoms with Crippen molar-refractivity contribution in [3.05, 3.63) is 71.7 Å². The molecule has 0 saturated carbocycles. The van der Waals surface area contributed by atoms with Gasteiger partial charge in [-0.15, -0.1) is 0 Å². The Morgan fingerprint density at radius 1 is 1.30 bits per heavy atom. The molecule has 3 heterocycles. The molecule has 0 aliphatic carbocycles. The fraction of sp³-hybridized carbons (Fsp3) is 0.385. The van der Waals surface area contributed by atoms with Crippen LogP contribution in [0.3, 0.4) is 0 Å². The molecule has 1 aliphatic rings. The second-order valence-electron chi connectivity index (χ2n) is 8.83. The van der Waals surface area contributed by atoms with Gasteiger partial charge >= 0.3 is 6.18 Å². The first kappa shape index (κ1) is 27.9. The minimum atomic E-state index is -4.56. The number of hydrogen-bond donors (Lipinski definition) is 0. The minimum Gasteiger partial charge on any atom is -0.475 e. The maximum atomic E-state index is 14.6. The van der Waals surface area contributed by atoms with Crippen molar-refractivity contribution in [2.45, 2.75) is 45.3 Å². The van der Waals surface area contributed by atoms with Gasteiger partial charge in [-0.1, -0.05) is 19.6 Å². The number of likely N-dealkylation sites (tertiary alicyclic amines) is 1. The van der Waals surface area contributed by atoms with E-state index in [0.29, 0.717) is 17.5 Å². The summed E-state index contributed by atoms with van der Waals surface area (Å²) in [5.41, 5.74) is -0.00622. The lowest BCUT2D eigenvalue weighted by Gasteiger charge is -2.43. The average molecular weight is 523 g/mol. The smallest absolute Gasteiger partial charge is 0.417 e. The van der Waals surface area contributed by atoms with E-state index in [1.54, 1.807) is 45.1 Å². The second kappa shape index (κ2) is 11.2. The van der Waals surface area contributed by atoms with Crippen LogP contribution in [0.1, 0.15) is 47.6 Å². The molecule has 1 fully saturated rings. The number of carbonyl (C=O) groups excluding carboxylic acids is 1. The van der Waals surface area contributed by atoms with Gasteiger partial charge in [0.1, 0.15) is 12.3 Å². The molecule has 0 N–H and O–H groups in total. The molecule has 0 aromatic carbocycles. The summed E-state index contributed by atoms with van der Waals surface area (Å²) in [7, 11) is 0. The Kier molecular flexibility index (Phi) is 8.45. The lowest BCUT2D eigenvalue weighted by molar-refractivity contribution is -0.137. The first-order chi connectivity index (χ1) is 17.3. The average Bonchev–Trinajstić information content (AvgIpc) is 2.82. The number of allylic oxidation sites excluding steroid dienone is 2. The number of aromatic nitrogens is 2. The monoisotopic (exact) mass is 522 g/mol. The largest absolute Gasteiger partial charge is 0.475 e. The van der Waals surface area contributed by atoms with Gasteiger partial charge in [-0.2, -0.15) is 13.2 Å². The second-order valence-corrected chi connectivity index (χ2v) is 8.83. The highest BCUT2D eigenvalue weighted by Gasteiger charge is 2.47. The van der Waals surface area contributed by atoms with Gasteiger partial charge in [0.05, 0.1) is 23.8 Å². The SMILES string of the molecule is C=C(N=C/C=C\C)c1ccc(C)nc1C(=O)N1CC(F)(F)C[C@@H](C)C1COc1ccc(C(F)(F)F)cn1. The fourth-order valence-corrected chi connectivity index (χ4v) is 4.00. The number of pyridine rings is 2. The van der Waals surface area contributed by atoms with E-state index in [9.17, 15) is 26.7 Å². The van der Waals surface area contributed by atoms with Crippen molar-refractivity contribution in [2.24, 2.45) is 10.9 Å². The first-order valence-electron chi connectivity index (χ1n) is 11.5. The number of aryl methyl sites for hydroxylation is 1. The standard InChI is InChI=1S/C26H27F5N4O2/c1-5-6-11-32-18(4)20-9-7-17(3)34-23(20)24(36)35-15-25(27,28)12-16(2)21(35)14-37-22-10-8-19(13-33-22)26(29,30)31/h5-11,13,16,21H,4,12,14-15H2,1-3H3/b6-5-,32-11?/t16-,21?/m1/s1. The molecular weight excluding hydrogens is 495 g/mol. The molecule has 2 aromatic heterocycles. The molecule has 0 bridgehead atoms. The highest BCUT2D eigenvalue weighted by atomic mass is 19.4. The van der Waals surface area contributed by atoms with Gasteiger partial charge < -0.3 is 9.64 Å². The Balaban J connectivity index is 1.90. The van der Waals surface area contributed by atoms with Crippen molar-refractivity contribution in [2.75, 3.05) is 13.2 Å². The van der Waals surface area contributed by atoms with Gasteiger partial charge in [-0.3, -0.25) is 9.79 Å². The summed E-state index contributed by atoms with van der Waals surface area (Å²) < 4.78 is 73.2. The summed E-state index contributed by atoms with van der Waals surface area (Å²) in [6.07, 6.45) is 0.492. The van der Waals surface area contributed by atoms with E-state index in [1.807, 2.05) is 0 Å². The van der Waals surface area contributed by atoms with E-state index in [0.717, 1.165) is 17.0 Å². The van der Waals surface area contributed by atoms with Crippen LogP contribution in [0.4, 0.5) is 22.0 Å². The number of aliphatic imine (C=N–C) groups is 1. The quantitative estimate of drug-likeness (QED) is 0.331. The van der Waals surface area contributed by atoms with Crippen LogP contribution < -0.4 is 4.74 Å². The molecule has 0 spiro atoms. The van der Waals surface area contributed by atoms with Gasteiger partial charge in [0, 0.05) is 36.2 Å². The summed E-state index contributed by atoms with van der Waals surface area (Å²) in [5, 5.41) is 0. The minimum absolute atomic E-state index is 0.0785. The molecule has 2 aromatic rings. The Bertz CT molecular complexity index is 1190. The van der Waals surface area contributed by atoms with Crippen molar-refractivity contribution in [1.29, 1.82) is 0 Å². The summed E-state index contributed by atoms with van der Waals surface area (Å²) in [6, 6.07) is 4.31. The molecule has 0 radical (unpaired) electrons. The Hall–Kier alpha value is -3.63. The molecule has 6 nitrogen and oxygen atoms in total. The van der Waals surface area contributed by atoms with Crippen molar-refractivity contribution >= 4 is 17.8 Å². The van der Waals surface area contributed by atoms with Crippen LogP contribution >= 0.6 is 0 Å². The van der Waals surface area contributed by atoms with Gasteiger partial charge in [0.2, 0.25) is 5.88 Å². The summed E-state index contributed by atoms with van der Waals surface area (Å²) >= 11 is 0. The van der Waals surface area contributed by atoms with E-state index in [2.05, 4.69) is 21.5 Å². The number of nitrogens with zero attached hydrogens (tertiary/aromatic N) is 4. The van der Waals surface area contributed by atoms with Gasteiger partial charge in [-0.25, -0.2) is 18.7 Å². The molecule has 1 amide bonds. The third-order valence-corrected chi connectivity index (χ3v) is 5.86. The van der Waals surface area contributed by atoms with Crippen molar-refractivity contribution in [3.63, 3.8) is 0 Å². The zero-order chi connectivity index (χ0) is 27.4. The van der Waals surface area contributed by atoms with E-state index in [-0.39, 0.29) is 23.9 Å². The van der Waals surface area contributed by atoms with E-state index < -0.39 is 48.5 Å². The number of alkyl halides is 5. The van der Waals surface area contributed by atoms with Crippen LogP contribution in [0.5, 0.6) is 5.88 Å². The normalized spacial score (nSPS) is 19.9. The molecule has 198 valence electrons. The van der Waals surface area contributed by atoms with Gasteiger partial charge in [0.15, 0.2) is 0 Å². The fourth-order valence-electron chi connectivity index (χ4n) is 4.00. The Morgan fingerprint density at radius 2 is 2.03 bits per heavy atom. The van der Waals surface area contributed by atoms with Crippen molar-refractivity contribution in [1.82, 2.24) is 14.9 Å². The maximum Gasteiger partial charge on any atom is 0.417 e. The number of halogens is 5. The van der Waals surface area contributed by atoms with Crippen LogP contribution in [0.15, 0.2) is 54.2 Å². The molecule has 1 aliphatic heterocycles. The van der Waals surface area contributed by atoms with Crippen molar-refractivity contribution < 1.29 is 31.5 Å². The van der Waals surface area contributed by atoms with Gasteiger partial charge in [0.25, 0.3) is 11.8 Å². The Morgan fingerprint density at radius 3 is 2.65 bits per heavy atom. The predicted octanol–water partition coefficient (Wildman–Crippen LogP) is 5.99. The summed E-state index contributed by atoms with van der Waals surface area (Å²) in [6.45, 7) is 7.79. The lowest BCUT2D eigenvalue weighted by Crippen LogP contribution is -2.57. The zero-order valence-electron chi connectivity index (χ0n) is 20.6. The molecule has 37 heavy (non-hydrogen) atoms. The van der Waals surface area contributed by atoms with Crippen LogP contribution in [0, 0.1) is 12.8 Å². The van der Waals surface area contributed by atoms with Crippen LogP contribution in [-0.4, -0.2) is 52.1 Å². The number of piperidine rings is 1. The third-order valence-electron chi connectivity index (χ3n) is 5.86. The predicted molar refractivity (Wildman–Crippen MR) is 130 cm³/mol. The van der Waals surface area contributed by atoms with Crippen LogP contribution in [0.2, 0.25) is 0 Å². The van der Waals surface area contributed by atoms with Gasteiger partial charge in [-0.05, 0) is 44.0 Å².